The average Bonchev–Trinajstić information content (AvgIpc) is 2.49. The zero-order valence-electron chi connectivity index (χ0n) is 13.5. The van der Waals surface area contributed by atoms with Crippen LogP contribution in [0.2, 0.25) is 0 Å². The summed E-state index contributed by atoms with van der Waals surface area (Å²) < 4.78 is 0. The first kappa shape index (κ1) is 16.5. The molecule has 0 bridgehead atoms. The number of hydrogen-bond donors (Lipinski definition) is 1. The van der Waals surface area contributed by atoms with E-state index in [0.717, 1.165) is 13.1 Å². The van der Waals surface area contributed by atoms with Gasteiger partial charge in [-0.2, -0.15) is 0 Å². The molecular weight excluding hydrogens is 280 g/mol. The molecule has 1 unspecified atom stereocenters. The van der Waals surface area contributed by atoms with Gasteiger partial charge in [0, 0.05) is 32.2 Å². The minimum atomic E-state index is -1.06. The van der Waals surface area contributed by atoms with Crippen LogP contribution in [-0.2, 0) is 9.59 Å². The Morgan fingerprint density at radius 1 is 1.14 bits per heavy atom. The molecular formula is C17H24N2O3. The number of nitrogens with zero attached hydrogens (tertiary/aromatic N) is 2. The van der Waals surface area contributed by atoms with Crippen LogP contribution in [0.3, 0.4) is 0 Å². The van der Waals surface area contributed by atoms with Crippen LogP contribution in [0.5, 0.6) is 0 Å². The molecule has 1 aliphatic heterocycles. The Bertz CT molecular complexity index is 563. The van der Waals surface area contributed by atoms with E-state index in [0.29, 0.717) is 19.1 Å². The van der Waals surface area contributed by atoms with Gasteiger partial charge in [0.15, 0.2) is 0 Å². The van der Waals surface area contributed by atoms with E-state index in [2.05, 4.69) is 43.9 Å². The summed E-state index contributed by atoms with van der Waals surface area (Å²) in [7, 11) is 0. The predicted molar refractivity (Wildman–Crippen MR) is 84.7 cm³/mol. The Hall–Kier alpha value is -1.88. The summed E-state index contributed by atoms with van der Waals surface area (Å²) in [5, 5.41) is 8.69. The largest absolute Gasteiger partial charge is 0.481 e. The number of amides is 1. The molecule has 0 aliphatic carbocycles. The van der Waals surface area contributed by atoms with Crippen LogP contribution < -0.4 is 0 Å². The molecule has 1 saturated heterocycles. The highest BCUT2D eigenvalue weighted by Crippen LogP contribution is 2.23. The van der Waals surface area contributed by atoms with Crippen molar-refractivity contribution in [2.45, 2.75) is 33.2 Å². The Kier molecular flexibility index (Phi) is 5.19. The SMILES string of the molecule is Cc1ccc(C(C)N2CCN(C(=O)CC(=O)O)CC2)cc1C. The van der Waals surface area contributed by atoms with Crippen LogP contribution in [0.4, 0.5) is 0 Å². The highest BCUT2D eigenvalue weighted by atomic mass is 16.4. The van der Waals surface area contributed by atoms with Gasteiger partial charge in [0.1, 0.15) is 6.42 Å². The number of aryl methyl sites for hydroxylation is 2. The maximum atomic E-state index is 11.8. The molecule has 1 atom stereocenters. The lowest BCUT2D eigenvalue weighted by Crippen LogP contribution is -2.49. The summed E-state index contributed by atoms with van der Waals surface area (Å²) in [6, 6.07) is 6.83. The highest BCUT2D eigenvalue weighted by Gasteiger charge is 2.25. The monoisotopic (exact) mass is 304 g/mol. The standard InChI is InChI=1S/C17H24N2O3/c1-12-4-5-15(10-13(12)2)14(3)18-6-8-19(9-7-18)16(20)11-17(21)22/h4-5,10,14H,6-9,11H2,1-3H3,(H,21,22). The fourth-order valence-corrected chi connectivity index (χ4v) is 2.84. The molecule has 1 heterocycles. The quantitative estimate of drug-likeness (QED) is 0.864. The van der Waals surface area contributed by atoms with Crippen molar-refractivity contribution >= 4 is 11.9 Å². The van der Waals surface area contributed by atoms with E-state index >= 15 is 0 Å². The third-order valence-electron chi connectivity index (χ3n) is 4.53. The second kappa shape index (κ2) is 6.92. The van der Waals surface area contributed by atoms with Crippen molar-refractivity contribution in [3.8, 4) is 0 Å². The average molecular weight is 304 g/mol. The van der Waals surface area contributed by atoms with Crippen LogP contribution in [0.1, 0.15) is 36.1 Å². The second-order valence-corrected chi connectivity index (χ2v) is 6.01. The fraction of sp³-hybridized carbons (Fsp3) is 0.529. The van der Waals surface area contributed by atoms with Crippen molar-refractivity contribution in [2.75, 3.05) is 26.2 Å². The molecule has 1 aliphatic rings. The highest BCUT2D eigenvalue weighted by molar-refractivity contribution is 5.93. The Balaban J connectivity index is 1.94. The first-order valence-electron chi connectivity index (χ1n) is 7.69. The van der Waals surface area contributed by atoms with E-state index in [1.165, 1.54) is 16.7 Å². The van der Waals surface area contributed by atoms with Gasteiger partial charge in [-0.3, -0.25) is 14.5 Å². The molecule has 0 aromatic heterocycles. The molecule has 2 rings (SSSR count). The van der Waals surface area contributed by atoms with E-state index in [9.17, 15) is 9.59 Å². The number of hydrogen-bond acceptors (Lipinski definition) is 3. The molecule has 5 nitrogen and oxygen atoms in total. The van der Waals surface area contributed by atoms with Crippen molar-refractivity contribution in [1.82, 2.24) is 9.80 Å². The van der Waals surface area contributed by atoms with Crippen LogP contribution in [0.15, 0.2) is 18.2 Å². The number of carbonyl (C=O) groups excluding carboxylic acids is 1. The zero-order valence-corrected chi connectivity index (χ0v) is 13.5. The van der Waals surface area contributed by atoms with Crippen molar-refractivity contribution in [3.63, 3.8) is 0 Å². The predicted octanol–water partition coefficient (Wildman–Crippen LogP) is 1.98. The summed E-state index contributed by atoms with van der Waals surface area (Å²) in [5.74, 6) is -1.35. The van der Waals surface area contributed by atoms with Gasteiger partial charge in [0.25, 0.3) is 0 Å². The second-order valence-electron chi connectivity index (χ2n) is 6.01. The van der Waals surface area contributed by atoms with E-state index in [4.69, 9.17) is 5.11 Å². The Labute approximate surface area is 131 Å². The molecule has 1 aromatic rings. The fourth-order valence-electron chi connectivity index (χ4n) is 2.84. The van der Waals surface area contributed by atoms with Gasteiger partial charge in [0.05, 0.1) is 0 Å². The lowest BCUT2D eigenvalue weighted by Gasteiger charge is -2.38. The van der Waals surface area contributed by atoms with E-state index in [1.807, 2.05) is 0 Å². The summed E-state index contributed by atoms with van der Waals surface area (Å²) in [6.45, 7) is 9.16. The first-order valence-corrected chi connectivity index (χ1v) is 7.69. The number of benzene rings is 1. The number of carboxylic acids is 1. The maximum absolute atomic E-state index is 11.8. The lowest BCUT2D eigenvalue weighted by molar-refractivity contribution is -0.145. The van der Waals surface area contributed by atoms with Gasteiger partial charge in [-0.05, 0) is 37.5 Å². The van der Waals surface area contributed by atoms with Gasteiger partial charge in [-0.15, -0.1) is 0 Å². The van der Waals surface area contributed by atoms with Crippen molar-refractivity contribution in [1.29, 1.82) is 0 Å². The lowest BCUT2D eigenvalue weighted by atomic mass is 10.0. The normalized spacial score (nSPS) is 17.3. The van der Waals surface area contributed by atoms with Gasteiger partial charge < -0.3 is 10.0 Å². The van der Waals surface area contributed by atoms with E-state index in [1.54, 1.807) is 4.90 Å². The van der Waals surface area contributed by atoms with E-state index in [-0.39, 0.29) is 5.91 Å². The number of rotatable bonds is 4. The molecule has 120 valence electrons. The summed E-state index contributed by atoms with van der Waals surface area (Å²) in [6.07, 6.45) is -0.410. The Morgan fingerprint density at radius 2 is 1.77 bits per heavy atom. The summed E-state index contributed by atoms with van der Waals surface area (Å²) in [4.78, 5) is 26.4. The minimum absolute atomic E-state index is 0.286. The molecule has 5 heteroatoms. The maximum Gasteiger partial charge on any atom is 0.312 e. The number of aliphatic carboxylic acids is 1. The molecule has 0 radical (unpaired) electrons. The molecule has 0 spiro atoms. The molecule has 22 heavy (non-hydrogen) atoms. The van der Waals surface area contributed by atoms with E-state index < -0.39 is 12.4 Å². The molecule has 1 amide bonds. The van der Waals surface area contributed by atoms with Gasteiger partial charge in [-0.25, -0.2) is 0 Å². The summed E-state index contributed by atoms with van der Waals surface area (Å²) >= 11 is 0. The van der Waals surface area contributed by atoms with Crippen LogP contribution in [-0.4, -0.2) is 53.0 Å². The third-order valence-corrected chi connectivity index (χ3v) is 4.53. The van der Waals surface area contributed by atoms with Crippen LogP contribution >= 0.6 is 0 Å². The van der Waals surface area contributed by atoms with Crippen molar-refractivity contribution in [2.24, 2.45) is 0 Å². The Morgan fingerprint density at radius 3 is 2.32 bits per heavy atom. The molecule has 1 fully saturated rings. The van der Waals surface area contributed by atoms with Crippen LogP contribution in [0.25, 0.3) is 0 Å². The smallest absolute Gasteiger partial charge is 0.312 e. The van der Waals surface area contributed by atoms with Gasteiger partial charge >= 0.3 is 5.97 Å². The van der Waals surface area contributed by atoms with Gasteiger partial charge in [-0.1, -0.05) is 18.2 Å². The molecule has 0 saturated carbocycles. The summed E-state index contributed by atoms with van der Waals surface area (Å²) in [5.41, 5.74) is 3.87. The number of carboxylic acid groups (broad SMARTS) is 1. The van der Waals surface area contributed by atoms with Crippen molar-refractivity contribution < 1.29 is 14.7 Å². The zero-order chi connectivity index (χ0) is 16.3. The van der Waals surface area contributed by atoms with Gasteiger partial charge in [0.2, 0.25) is 5.91 Å². The van der Waals surface area contributed by atoms with Crippen LogP contribution in [0, 0.1) is 13.8 Å². The molecule has 1 aromatic carbocycles. The first-order chi connectivity index (χ1) is 10.4. The van der Waals surface area contributed by atoms with Crippen molar-refractivity contribution in [3.05, 3.63) is 34.9 Å². The number of piperazine rings is 1. The molecule has 1 N–H and O–H groups in total. The third kappa shape index (κ3) is 3.85. The minimum Gasteiger partial charge on any atom is -0.481 e. The topological polar surface area (TPSA) is 60.9 Å². The number of carbonyl (C=O) groups is 2.